The van der Waals surface area contributed by atoms with Gasteiger partial charge < -0.3 is 0 Å². The lowest BCUT2D eigenvalue weighted by Gasteiger charge is -2.07. The van der Waals surface area contributed by atoms with E-state index in [1.165, 1.54) is 45.5 Å². The van der Waals surface area contributed by atoms with Gasteiger partial charge in [-0.25, -0.2) is 0 Å². The van der Waals surface area contributed by atoms with Crippen LogP contribution in [0, 0.1) is 0 Å². The Kier molecular flexibility index (Phi) is 9.79. The monoisotopic (exact) mass is 450 g/mol. The van der Waals surface area contributed by atoms with Crippen molar-refractivity contribution in [1.29, 1.82) is 0 Å². The van der Waals surface area contributed by atoms with E-state index >= 15 is 0 Å². The first-order chi connectivity index (χ1) is 16.6. The Hall–Kier alpha value is -3.52. The average molecular weight is 451 g/mol. The van der Waals surface area contributed by atoms with Crippen molar-refractivity contribution in [3.8, 4) is 0 Å². The van der Waals surface area contributed by atoms with Gasteiger partial charge in [-0.2, -0.15) is 0 Å². The Morgan fingerprint density at radius 2 is 0.794 bits per heavy atom. The first kappa shape index (κ1) is 25.1. The Balaban J connectivity index is 1.41. The zero-order chi connectivity index (χ0) is 24.2. The third kappa shape index (κ3) is 8.44. The van der Waals surface area contributed by atoms with Crippen LogP contribution in [-0.4, -0.2) is 11.6 Å². The Morgan fingerprint density at radius 1 is 0.500 bits per heavy atom. The van der Waals surface area contributed by atoms with Gasteiger partial charge in [0, 0.05) is 12.8 Å². The van der Waals surface area contributed by atoms with E-state index in [0.717, 1.165) is 38.5 Å². The van der Waals surface area contributed by atoms with Crippen LogP contribution >= 0.6 is 0 Å². The van der Waals surface area contributed by atoms with Gasteiger partial charge >= 0.3 is 0 Å². The summed E-state index contributed by atoms with van der Waals surface area (Å²) in [4.78, 5) is 22.8. The minimum Gasteiger partial charge on any atom is -0.295 e. The van der Waals surface area contributed by atoms with Crippen LogP contribution in [0.5, 0.6) is 0 Å². The molecule has 0 aromatic heterocycles. The highest BCUT2D eigenvalue weighted by Crippen LogP contribution is 2.15. The molecule has 0 spiro atoms. The van der Waals surface area contributed by atoms with Crippen molar-refractivity contribution in [3.05, 3.63) is 131 Å². The number of ketones is 2. The summed E-state index contributed by atoms with van der Waals surface area (Å²) in [7, 11) is 0. The maximum absolute atomic E-state index is 11.4. The number of aryl methyl sites for hydroxylation is 4. The van der Waals surface area contributed by atoms with Gasteiger partial charge in [-0.05, 0) is 84.1 Å². The van der Waals surface area contributed by atoms with E-state index in [1.54, 1.807) is 0 Å². The van der Waals surface area contributed by atoms with Gasteiger partial charge in [0.25, 0.3) is 0 Å². The molecule has 0 N–H and O–H groups in total. The van der Waals surface area contributed by atoms with Gasteiger partial charge in [-0.3, -0.25) is 9.59 Å². The molecule has 0 saturated heterocycles. The van der Waals surface area contributed by atoms with Crippen LogP contribution in [0.3, 0.4) is 0 Å². The summed E-state index contributed by atoms with van der Waals surface area (Å²) in [5, 5.41) is 0. The van der Waals surface area contributed by atoms with Gasteiger partial charge in [0.2, 0.25) is 0 Å². The molecule has 3 aromatic rings. The third-order valence-corrected chi connectivity index (χ3v) is 6.18. The van der Waals surface area contributed by atoms with E-state index in [1.807, 2.05) is 0 Å². The number of rotatable bonds is 14. The number of hydrogen-bond donors (Lipinski definition) is 0. The fourth-order valence-electron chi connectivity index (χ4n) is 3.99. The summed E-state index contributed by atoms with van der Waals surface area (Å²) >= 11 is 0. The molecule has 0 heterocycles. The molecule has 0 saturated carbocycles. The number of benzene rings is 3. The van der Waals surface area contributed by atoms with Crippen LogP contribution in [0.25, 0.3) is 0 Å². The van der Waals surface area contributed by atoms with Crippen molar-refractivity contribution in [2.75, 3.05) is 0 Å². The Morgan fingerprint density at radius 3 is 1.12 bits per heavy atom. The van der Waals surface area contributed by atoms with Crippen molar-refractivity contribution in [3.63, 3.8) is 0 Å². The van der Waals surface area contributed by atoms with Gasteiger partial charge in [-0.15, -0.1) is 0 Å². The molecule has 2 nitrogen and oxygen atoms in total. The maximum atomic E-state index is 11.4. The van der Waals surface area contributed by atoms with Crippen LogP contribution in [-0.2, 0) is 41.7 Å². The minimum absolute atomic E-state index is 0.0933. The second-order valence-electron chi connectivity index (χ2n) is 8.82. The lowest BCUT2D eigenvalue weighted by molar-refractivity contribution is -0.115. The molecule has 0 aliphatic carbocycles. The summed E-state index contributed by atoms with van der Waals surface area (Å²) < 4.78 is 0. The zero-order valence-corrected chi connectivity index (χ0v) is 20.0. The van der Waals surface area contributed by atoms with Crippen molar-refractivity contribution in [2.45, 2.75) is 51.4 Å². The van der Waals surface area contributed by atoms with Gasteiger partial charge in [0.05, 0.1) is 0 Å². The largest absolute Gasteiger partial charge is 0.295 e. The van der Waals surface area contributed by atoms with E-state index in [-0.39, 0.29) is 11.6 Å². The molecule has 0 unspecified atom stereocenters. The van der Waals surface area contributed by atoms with E-state index in [2.05, 4.69) is 86.0 Å². The fourth-order valence-corrected chi connectivity index (χ4v) is 3.99. The van der Waals surface area contributed by atoms with E-state index in [9.17, 15) is 9.59 Å². The van der Waals surface area contributed by atoms with E-state index in [0.29, 0.717) is 12.8 Å². The second-order valence-corrected chi connectivity index (χ2v) is 8.82. The van der Waals surface area contributed by atoms with Gasteiger partial charge in [0.1, 0.15) is 0 Å². The molecular weight excluding hydrogens is 416 g/mol. The summed E-state index contributed by atoms with van der Waals surface area (Å²) in [6.45, 7) is 7.05. The quantitative estimate of drug-likeness (QED) is 0.252. The van der Waals surface area contributed by atoms with Crippen LogP contribution < -0.4 is 0 Å². The zero-order valence-electron chi connectivity index (χ0n) is 20.0. The predicted octanol–water partition coefficient (Wildman–Crippen LogP) is 6.83. The predicted molar refractivity (Wildman–Crippen MR) is 141 cm³/mol. The molecule has 34 heavy (non-hydrogen) atoms. The van der Waals surface area contributed by atoms with Crippen LogP contribution in [0.2, 0.25) is 0 Å². The Labute approximate surface area is 204 Å². The molecule has 0 radical (unpaired) electrons. The van der Waals surface area contributed by atoms with Crippen molar-refractivity contribution < 1.29 is 9.59 Å². The number of carbonyl (C=O) groups is 2. The van der Waals surface area contributed by atoms with Crippen LogP contribution in [0.15, 0.2) is 98.1 Å². The van der Waals surface area contributed by atoms with E-state index < -0.39 is 0 Å². The second kappa shape index (κ2) is 13.3. The van der Waals surface area contributed by atoms with Crippen LogP contribution in [0.4, 0.5) is 0 Å². The normalized spacial score (nSPS) is 10.6. The fraction of sp³-hybridized carbons (Fsp3) is 0.250. The number of hydrogen-bond acceptors (Lipinski definition) is 2. The summed E-state index contributed by atoms with van der Waals surface area (Å²) in [6, 6.07) is 26.1. The van der Waals surface area contributed by atoms with Crippen molar-refractivity contribution >= 4 is 11.6 Å². The van der Waals surface area contributed by atoms with E-state index in [4.69, 9.17) is 0 Å². The first-order valence-electron chi connectivity index (χ1n) is 12.1. The van der Waals surface area contributed by atoms with Crippen molar-refractivity contribution in [1.82, 2.24) is 0 Å². The maximum Gasteiger partial charge on any atom is 0.155 e. The van der Waals surface area contributed by atoms with Gasteiger partial charge in [0.15, 0.2) is 11.6 Å². The van der Waals surface area contributed by atoms with Crippen LogP contribution in [0.1, 0.15) is 52.6 Å². The minimum atomic E-state index is 0.0933. The number of allylic oxidation sites excluding steroid dienone is 2. The summed E-state index contributed by atoms with van der Waals surface area (Å²) in [6.07, 6.45) is 9.53. The smallest absolute Gasteiger partial charge is 0.155 e. The molecule has 0 fully saturated rings. The molecule has 3 rings (SSSR count). The lowest BCUT2D eigenvalue weighted by atomic mass is 9.98. The molecule has 0 aliphatic heterocycles. The number of carbonyl (C=O) groups excluding carboxylic acids is 2. The SMILES string of the molecule is C=CC(=O)CCc1ccc(CCCc2ccc(Cc3ccc(CCC(=O)C=C)cc3)cc2)cc1. The topological polar surface area (TPSA) is 34.1 Å². The average Bonchev–Trinajstić information content (AvgIpc) is 2.88. The Bertz CT molecular complexity index is 1090. The molecule has 2 heteroatoms. The molecule has 0 bridgehead atoms. The lowest BCUT2D eigenvalue weighted by Crippen LogP contribution is -1.96. The molecule has 0 atom stereocenters. The molecule has 0 amide bonds. The third-order valence-electron chi connectivity index (χ3n) is 6.18. The summed E-state index contributed by atoms with van der Waals surface area (Å²) in [5.41, 5.74) is 7.68. The molecule has 174 valence electrons. The first-order valence-corrected chi connectivity index (χ1v) is 12.1. The highest BCUT2D eigenvalue weighted by atomic mass is 16.1. The molecular formula is C32H34O2. The van der Waals surface area contributed by atoms with Gasteiger partial charge in [-0.1, -0.05) is 86.0 Å². The summed E-state index contributed by atoms with van der Waals surface area (Å²) in [5.74, 6) is 0.192. The highest BCUT2D eigenvalue weighted by Gasteiger charge is 2.02. The highest BCUT2D eigenvalue weighted by molar-refractivity contribution is 5.89. The molecule has 0 aliphatic rings. The standard InChI is InChI=1S/C32H34O2/c1-3-31(33)22-20-27-10-8-25(9-11-27)6-5-7-26-12-16-29(17-13-26)24-30-18-14-28(15-19-30)21-23-32(34)4-2/h3-4,8-19H,1-2,5-7,20-24H2. The van der Waals surface area contributed by atoms with Crippen molar-refractivity contribution in [2.24, 2.45) is 0 Å². The molecule has 3 aromatic carbocycles.